The van der Waals surface area contributed by atoms with E-state index in [-0.39, 0.29) is 11.9 Å². The summed E-state index contributed by atoms with van der Waals surface area (Å²) in [5, 5.41) is 3.30. The SMILES string of the molecule is CCCOCCC(NCC)c1ccccc1F. The van der Waals surface area contributed by atoms with Gasteiger partial charge < -0.3 is 10.1 Å². The average Bonchev–Trinajstić information content (AvgIpc) is 2.34. The molecule has 0 aromatic heterocycles. The maximum atomic E-state index is 13.7. The van der Waals surface area contributed by atoms with Crippen molar-refractivity contribution in [3.63, 3.8) is 0 Å². The third-order valence-corrected chi connectivity index (χ3v) is 2.63. The van der Waals surface area contributed by atoms with Crippen LogP contribution in [0.5, 0.6) is 0 Å². The van der Waals surface area contributed by atoms with Crippen LogP contribution in [0.4, 0.5) is 4.39 Å². The van der Waals surface area contributed by atoms with Gasteiger partial charge in [-0.05, 0) is 25.5 Å². The molecule has 3 heteroatoms. The van der Waals surface area contributed by atoms with Gasteiger partial charge in [0.2, 0.25) is 0 Å². The van der Waals surface area contributed by atoms with Gasteiger partial charge in [-0.15, -0.1) is 0 Å². The molecule has 0 spiro atoms. The van der Waals surface area contributed by atoms with E-state index in [4.69, 9.17) is 4.74 Å². The van der Waals surface area contributed by atoms with Crippen molar-refractivity contribution in [2.75, 3.05) is 19.8 Å². The van der Waals surface area contributed by atoms with E-state index in [1.54, 1.807) is 6.07 Å². The Kier molecular flexibility index (Phi) is 6.82. The van der Waals surface area contributed by atoms with Gasteiger partial charge in [-0.3, -0.25) is 0 Å². The van der Waals surface area contributed by atoms with Gasteiger partial charge in [0.05, 0.1) is 0 Å². The second-order valence-corrected chi connectivity index (χ2v) is 4.03. The minimum absolute atomic E-state index is 0.0399. The number of nitrogens with one attached hydrogen (secondary N) is 1. The predicted molar refractivity (Wildman–Crippen MR) is 68.5 cm³/mol. The minimum Gasteiger partial charge on any atom is -0.381 e. The highest BCUT2D eigenvalue weighted by molar-refractivity contribution is 5.21. The summed E-state index contributed by atoms with van der Waals surface area (Å²) < 4.78 is 19.1. The van der Waals surface area contributed by atoms with E-state index in [0.29, 0.717) is 6.61 Å². The van der Waals surface area contributed by atoms with E-state index in [2.05, 4.69) is 12.2 Å². The lowest BCUT2D eigenvalue weighted by molar-refractivity contribution is 0.124. The molecule has 1 unspecified atom stereocenters. The van der Waals surface area contributed by atoms with Crippen LogP contribution in [0.3, 0.4) is 0 Å². The fourth-order valence-corrected chi connectivity index (χ4v) is 1.82. The van der Waals surface area contributed by atoms with Gasteiger partial charge in [-0.2, -0.15) is 0 Å². The number of ether oxygens (including phenoxy) is 1. The summed E-state index contributed by atoms with van der Waals surface area (Å²) in [4.78, 5) is 0. The van der Waals surface area contributed by atoms with Gasteiger partial charge in [0.1, 0.15) is 5.82 Å². The van der Waals surface area contributed by atoms with Crippen LogP contribution in [0.25, 0.3) is 0 Å². The first kappa shape index (κ1) is 14.1. The highest BCUT2D eigenvalue weighted by Gasteiger charge is 2.13. The van der Waals surface area contributed by atoms with Gasteiger partial charge >= 0.3 is 0 Å². The molecule has 0 heterocycles. The van der Waals surface area contributed by atoms with Gasteiger partial charge in [-0.25, -0.2) is 4.39 Å². The third kappa shape index (κ3) is 4.84. The zero-order chi connectivity index (χ0) is 12.5. The van der Waals surface area contributed by atoms with Crippen LogP contribution in [0.2, 0.25) is 0 Å². The first-order valence-electron chi connectivity index (χ1n) is 6.35. The Hall–Kier alpha value is -0.930. The van der Waals surface area contributed by atoms with Crippen molar-refractivity contribution in [2.24, 2.45) is 0 Å². The molecule has 0 radical (unpaired) electrons. The summed E-state index contributed by atoms with van der Waals surface area (Å²) >= 11 is 0. The fourth-order valence-electron chi connectivity index (χ4n) is 1.82. The van der Waals surface area contributed by atoms with E-state index in [1.165, 1.54) is 6.07 Å². The second kappa shape index (κ2) is 8.20. The maximum absolute atomic E-state index is 13.7. The van der Waals surface area contributed by atoms with Crippen molar-refractivity contribution in [1.29, 1.82) is 0 Å². The number of hydrogen-bond donors (Lipinski definition) is 1. The molecule has 96 valence electrons. The first-order chi connectivity index (χ1) is 8.29. The summed E-state index contributed by atoms with van der Waals surface area (Å²) in [6.07, 6.45) is 1.82. The molecule has 1 N–H and O–H groups in total. The minimum atomic E-state index is -0.144. The van der Waals surface area contributed by atoms with Crippen LogP contribution in [-0.4, -0.2) is 19.8 Å². The Morgan fingerprint density at radius 2 is 2.00 bits per heavy atom. The van der Waals surface area contributed by atoms with Crippen molar-refractivity contribution in [1.82, 2.24) is 5.32 Å². The van der Waals surface area contributed by atoms with E-state index >= 15 is 0 Å². The standard InChI is InChI=1S/C14H22FNO/c1-3-10-17-11-9-14(16-4-2)12-7-5-6-8-13(12)15/h5-8,14,16H,3-4,9-11H2,1-2H3. The number of benzene rings is 1. The topological polar surface area (TPSA) is 21.3 Å². The van der Waals surface area contributed by atoms with Gasteiger partial charge in [-0.1, -0.05) is 32.0 Å². The van der Waals surface area contributed by atoms with Crippen LogP contribution >= 0.6 is 0 Å². The molecule has 0 saturated carbocycles. The predicted octanol–water partition coefficient (Wildman–Crippen LogP) is 3.29. The van der Waals surface area contributed by atoms with Gasteiger partial charge in [0.15, 0.2) is 0 Å². The highest BCUT2D eigenvalue weighted by atomic mass is 19.1. The van der Waals surface area contributed by atoms with Crippen LogP contribution in [0.1, 0.15) is 38.3 Å². The summed E-state index contributed by atoms with van der Waals surface area (Å²) in [7, 11) is 0. The van der Waals surface area contributed by atoms with E-state index < -0.39 is 0 Å². The average molecular weight is 239 g/mol. The molecule has 0 amide bonds. The summed E-state index contributed by atoms with van der Waals surface area (Å²) in [6, 6.07) is 6.97. The summed E-state index contributed by atoms with van der Waals surface area (Å²) in [6.45, 7) is 6.38. The molecule has 1 aromatic rings. The van der Waals surface area contributed by atoms with Crippen molar-refractivity contribution in [3.8, 4) is 0 Å². The number of hydrogen-bond acceptors (Lipinski definition) is 2. The lowest BCUT2D eigenvalue weighted by Gasteiger charge is -2.18. The molecule has 0 aliphatic heterocycles. The molecule has 1 rings (SSSR count). The van der Waals surface area contributed by atoms with Crippen molar-refractivity contribution >= 4 is 0 Å². The van der Waals surface area contributed by atoms with Gasteiger partial charge in [0.25, 0.3) is 0 Å². The zero-order valence-electron chi connectivity index (χ0n) is 10.7. The molecular weight excluding hydrogens is 217 g/mol. The third-order valence-electron chi connectivity index (χ3n) is 2.63. The van der Waals surface area contributed by atoms with Crippen molar-refractivity contribution < 1.29 is 9.13 Å². The molecule has 0 saturated heterocycles. The molecule has 17 heavy (non-hydrogen) atoms. The molecular formula is C14H22FNO. The second-order valence-electron chi connectivity index (χ2n) is 4.03. The van der Waals surface area contributed by atoms with E-state index in [9.17, 15) is 4.39 Å². The Bertz CT molecular complexity index is 317. The molecule has 0 aliphatic rings. The zero-order valence-corrected chi connectivity index (χ0v) is 10.7. The van der Waals surface area contributed by atoms with Crippen LogP contribution in [-0.2, 0) is 4.74 Å². The summed E-state index contributed by atoms with van der Waals surface area (Å²) in [5.74, 6) is -0.144. The van der Waals surface area contributed by atoms with Crippen LogP contribution in [0, 0.1) is 5.82 Å². The molecule has 2 nitrogen and oxygen atoms in total. The smallest absolute Gasteiger partial charge is 0.127 e. The Morgan fingerprint density at radius 3 is 2.65 bits per heavy atom. The largest absolute Gasteiger partial charge is 0.381 e. The fraction of sp³-hybridized carbons (Fsp3) is 0.571. The Morgan fingerprint density at radius 1 is 1.24 bits per heavy atom. The van der Waals surface area contributed by atoms with Crippen molar-refractivity contribution in [2.45, 2.75) is 32.7 Å². The monoisotopic (exact) mass is 239 g/mol. The van der Waals surface area contributed by atoms with Gasteiger partial charge in [0, 0.05) is 24.8 Å². The molecule has 1 atom stereocenters. The van der Waals surface area contributed by atoms with E-state index in [1.807, 2.05) is 19.1 Å². The Balaban J connectivity index is 2.56. The van der Waals surface area contributed by atoms with Crippen LogP contribution in [0.15, 0.2) is 24.3 Å². The van der Waals surface area contributed by atoms with Crippen molar-refractivity contribution in [3.05, 3.63) is 35.6 Å². The molecule has 0 aliphatic carbocycles. The van der Waals surface area contributed by atoms with Crippen LogP contribution < -0.4 is 5.32 Å². The first-order valence-corrected chi connectivity index (χ1v) is 6.35. The maximum Gasteiger partial charge on any atom is 0.127 e. The molecule has 0 bridgehead atoms. The number of rotatable bonds is 8. The normalized spacial score (nSPS) is 12.6. The summed E-state index contributed by atoms with van der Waals surface area (Å²) in [5.41, 5.74) is 0.731. The highest BCUT2D eigenvalue weighted by Crippen LogP contribution is 2.19. The lowest BCUT2D eigenvalue weighted by Crippen LogP contribution is -2.23. The van der Waals surface area contributed by atoms with E-state index in [0.717, 1.165) is 31.6 Å². The molecule has 1 aromatic carbocycles. The quantitative estimate of drug-likeness (QED) is 0.703. The molecule has 0 fully saturated rings. The Labute approximate surface area is 103 Å². The number of halogens is 1. The lowest BCUT2D eigenvalue weighted by atomic mass is 10.0.